The molecule has 0 aliphatic heterocycles. The first-order chi connectivity index (χ1) is 17.8. The van der Waals surface area contributed by atoms with Crippen LogP contribution in [0.2, 0.25) is 0 Å². The molecule has 3 rings (SSSR count). The van der Waals surface area contributed by atoms with E-state index in [1.807, 2.05) is 0 Å². The Labute approximate surface area is 221 Å². The summed E-state index contributed by atoms with van der Waals surface area (Å²) in [6.45, 7) is 3.78. The van der Waals surface area contributed by atoms with Crippen molar-refractivity contribution < 1.29 is 37.9 Å². The van der Waals surface area contributed by atoms with Gasteiger partial charge in [0.1, 0.15) is 23.0 Å². The van der Waals surface area contributed by atoms with Gasteiger partial charge in [0.15, 0.2) is 5.79 Å². The second-order valence-electron chi connectivity index (χ2n) is 8.78. The maximum absolute atomic E-state index is 13.9. The molecule has 0 aliphatic rings. The Morgan fingerprint density at radius 2 is 1.79 bits per heavy atom. The van der Waals surface area contributed by atoms with Crippen LogP contribution >= 0.6 is 0 Å². The Hall–Kier alpha value is -3.49. The number of anilines is 2. The highest BCUT2D eigenvalue weighted by molar-refractivity contribution is 7.93. The number of hydrogen-bond donors (Lipinski definition) is 4. The number of benzene rings is 2. The topological polar surface area (TPSA) is 164 Å². The first kappa shape index (κ1) is 29.1. The van der Waals surface area contributed by atoms with Gasteiger partial charge in [-0.25, -0.2) is 8.42 Å². The van der Waals surface area contributed by atoms with Gasteiger partial charge in [-0.15, -0.1) is 0 Å². The molecule has 38 heavy (non-hydrogen) atoms. The van der Waals surface area contributed by atoms with Crippen LogP contribution in [0.3, 0.4) is 0 Å². The van der Waals surface area contributed by atoms with Crippen molar-refractivity contribution in [3.8, 4) is 11.5 Å². The van der Waals surface area contributed by atoms with Gasteiger partial charge in [-0.1, -0.05) is 12.1 Å². The van der Waals surface area contributed by atoms with Crippen molar-refractivity contribution in [1.82, 2.24) is 10.2 Å². The SMILES string of the molecule is COc1ccccc1S(=O)(=O)N(CC(C)(O)OC(C)(O)O)c1cc(C)cc(OCCNc2ccnnc2)c1. The fourth-order valence-corrected chi connectivity index (χ4v) is 5.38. The van der Waals surface area contributed by atoms with Gasteiger partial charge >= 0.3 is 0 Å². The molecular formula is C25H32N4O8S. The van der Waals surface area contributed by atoms with Gasteiger partial charge in [0.25, 0.3) is 16.0 Å². The predicted molar refractivity (Wildman–Crippen MR) is 139 cm³/mol. The van der Waals surface area contributed by atoms with Crippen LogP contribution in [0.15, 0.2) is 65.8 Å². The number of nitrogens with zero attached hydrogens (tertiary/aromatic N) is 3. The van der Waals surface area contributed by atoms with E-state index in [0.29, 0.717) is 17.9 Å². The van der Waals surface area contributed by atoms with Crippen LogP contribution in [-0.2, 0) is 14.8 Å². The van der Waals surface area contributed by atoms with Crippen LogP contribution in [0, 0.1) is 6.92 Å². The summed E-state index contributed by atoms with van der Waals surface area (Å²) >= 11 is 0. The Morgan fingerprint density at radius 1 is 1.05 bits per heavy atom. The quantitative estimate of drug-likeness (QED) is 0.182. The number of sulfonamides is 1. The zero-order valence-corrected chi connectivity index (χ0v) is 22.3. The molecule has 3 aromatic rings. The first-order valence-corrected chi connectivity index (χ1v) is 13.0. The molecule has 0 saturated heterocycles. The fraction of sp³-hybridized carbons (Fsp3) is 0.360. The van der Waals surface area contributed by atoms with E-state index in [9.17, 15) is 23.7 Å². The van der Waals surface area contributed by atoms with Gasteiger partial charge in [0, 0.05) is 19.5 Å². The summed E-state index contributed by atoms with van der Waals surface area (Å²) in [5, 5.41) is 40.8. The van der Waals surface area contributed by atoms with Crippen molar-refractivity contribution in [3.05, 3.63) is 66.5 Å². The molecule has 1 aromatic heterocycles. The number of nitrogens with one attached hydrogen (secondary N) is 1. The third kappa shape index (κ3) is 8.00. The van der Waals surface area contributed by atoms with Crippen molar-refractivity contribution in [3.63, 3.8) is 0 Å². The summed E-state index contributed by atoms with van der Waals surface area (Å²) in [5.74, 6) is -4.56. The number of para-hydroxylation sites is 1. The van der Waals surface area contributed by atoms with Crippen molar-refractivity contribution in [2.45, 2.75) is 37.4 Å². The maximum atomic E-state index is 13.9. The maximum Gasteiger partial charge on any atom is 0.277 e. The molecule has 1 heterocycles. The molecule has 12 nitrogen and oxygen atoms in total. The van der Waals surface area contributed by atoms with Crippen LogP contribution in [0.25, 0.3) is 0 Å². The summed E-state index contributed by atoms with van der Waals surface area (Å²) in [6, 6.07) is 12.6. The van der Waals surface area contributed by atoms with E-state index in [-0.39, 0.29) is 22.9 Å². The molecular weight excluding hydrogens is 516 g/mol. The van der Waals surface area contributed by atoms with Gasteiger partial charge < -0.3 is 30.1 Å². The molecule has 4 N–H and O–H groups in total. The number of aliphatic hydroxyl groups is 3. The number of methoxy groups -OCH3 is 1. The highest BCUT2D eigenvalue weighted by atomic mass is 32.2. The summed E-state index contributed by atoms with van der Waals surface area (Å²) in [5.41, 5.74) is 1.60. The van der Waals surface area contributed by atoms with E-state index in [0.717, 1.165) is 23.8 Å². The fourth-order valence-electron chi connectivity index (χ4n) is 3.70. The zero-order chi connectivity index (χ0) is 28.0. The average molecular weight is 549 g/mol. The molecule has 13 heteroatoms. The van der Waals surface area contributed by atoms with Crippen molar-refractivity contribution in [2.75, 3.05) is 36.4 Å². The van der Waals surface area contributed by atoms with Crippen molar-refractivity contribution in [2.24, 2.45) is 0 Å². The Morgan fingerprint density at radius 3 is 2.45 bits per heavy atom. The number of ether oxygens (including phenoxy) is 3. The molecule has 0 fully saturated rings. The third-order valence-electron chi connectivity index (χ3n) is 5.10. The largest absolute Gasteiger partial charge is 0.495 e. The normalized spacial score (nSPS) is 13.4. The molecule has 2 aromatic carbocycles. The second-order valence-corrected chi connectivity index (χ2v) is 10.6. The first-order valence-electron chi connectivity index (χ1n) is 11.6. The van der Waals surface area contributed by atoms with Gasteiger partial charge in [-0.05, 0) is 49.7 Å². The number of hydrogen-bond acceptors (Lipinski definition) is 11. The van der Waals surface area contributed by atoms with Crippen LogP contribution in [0.5, 0.6) is 11.5 Å². The van der Waals surface area contributed by atoms with E-state index in [1.165, 1.54) is 31.4 Å². The van der Waals surface area contributed by atoms with E-state index >= 15 is 0 Å². The minimum Gasteiger partial charge on any atom is -0.495 e. The number of rotatable bonds is 13. The lowest BCUT2D eigenvalue weighted by Crippen LogP contribution is -2.50. The van der Waals surface area contributed by atoms with Crippen LogP contribution in [0.1, 0.15) is 19.4 Å². The molecule has 0 amide bonds. The lowest BCUT2D eigenvalue weighted by Gasteiger charge is -2.35. The summed E-state index contributed by atoms with van der Waals surface area (Å²) in [6.07, 6.45) is 3.13. The predicted octanol–water partition coefficient (Wildman–Crippen LogP) is 1.86. The summed E-state index contributed by atoms with van der Waals surface area (Å²) in [4.78, 5) is -0.159. The summed E-state index contributed by atoms with van der Waals surface area (Å²) < 4.78 is 44.7. The van der Waals surface area contributed by atoms with Gasteiger partial charge in [0.2, 0.25) is 0 Å². The second kappa shape index (κ2) is 11.9. The average Bonchev–Trinajstić information content (AvgIpc) is 2.84. The van der Waals surface area contributed by atoms with E-state index in [4.69, 9.17) is 14.2 Å². The Bertz CT molecular complexity index is 1310. The van der Waals surface area contributed by atoms with E-state index in [2.05, 4.69) is 15.5 Å². The lowest BCUT2D eigenvalue weighted by molar-refractivity contribution is -0.399. The zero-order valence-electron chi connectivity index (χ0n) is 21.5. The molecule has 0 bridgehead atoms. The van der Waals surface area contributed by atoms with Gasteiger partial charge in [-0.3, -0.25) is 9.04 Å². The number of aryl methyl sites for hydroxylation is 1. The molecule has 0 radical (unpaired) electrons. The Balaban J connectivity index is 1.94. The van der Waals surface area contributed by atoms with Gasteiger partial charge in [-0.2, -0.15) is 10.2 Å². The minimum atomic E-state index is -4.36. The Kier molecular flexibility index (Phi) is 9.12. The van der Waals surface area contributed by atoms with E-state index < -0.39 is 28.3 Å². The standard InChI is InChI=1S/C25H32N4O8S/c1-18-13-20(15-21(14-18)36-12-11-26-19-9-10-27-28-16-19)29(17-24(2,30)37-25(3,31)32)38(33,34)23-8-6-5-7-22(23)35-4/h5-10,13-16,30-32H,11-12,17H2,1-4H3,(H,26,27). The highest BCUT2D eigenvalue weighted by Crippen LogP contribution is 2.34. The van der Waals surface area contributed by atoms with Crippen molar-refractivity contribution >= 4 is 21.4 Å². The monoisotopic (exact) mass is 548 g/mol. The molecule has 1 atom stereocenters. The minimum absolute atomic E-state index is 0.0908. The van der Waals surface area contributed by atoms with Crippen LogP contribution < -0.4 is 19.1 Å². The summed E-state index contributed by atoms with van der Waals surface area (Å²) in [7, 11) is -3.01. The third-order valence-corrected chi connectivity index (χ3v) is 6.91. The molecule has 0 aliphatic carbocycles. The lowest BCUT2D eigenvalue weighted by atomic mass is 10.2. The van der Waals surface area contributed by atoms with Gasteiger partial charge in [0.05, 0.1) is 37.4 Å². The highest BCUT2D eigenvalue weighted by Gasteiger charge is 2.38. The van der Waals surface area contributed by atoms with Crippen LogP contribution in [-0.4, -0.2) is 72.5 Å². The van der Waals surface area contributed by atoms with E-state index in [1.54, 1.807) is 43.6 Å². The van der Waals surface area contributed by atoms with Crippen LogP contribution in [0.4, 0.5) is 11.4 Å². The molecule has 0 saturated carbocycles. The number of aromatic nitrogens is 2. The van der Waals surface area contributed by atoms with Crippen molar-refractivity contribution in [1.29, 1.82) is 0 Å². The molecule has 1 unspecified atom stereocenters. The smallest absolute Gasteiger partial charge is 0.277 e. The molecule has 206 valence electrons. The molecule has 0 spiro atoms.